The van der Waals surface area contributed by atoms with E-state index in [4.69, 9.17) is 9.47 Å². The number of imidazole rings is 1. The standard InChI is InChI=1S/C10H15N3O4/c14-13(15)10-11-4-5-12(10)6-8-17-9-3-1-2-7-16-9/h4-5,9H,1-3,6-8H2. The van der Waals surface area contributed by atoms with Crippen molar-refractivity contribution in [2.45, 2.75) is 32.1 Å². The second-order valence-electron chi connectivity index (χ2n) is 3.84. The van der Waals surface area contributed by atoms with Gasteiger partial charge in [0, 0.05) is 6.61 Å². The summed E-state index contributed by atoms with van der Waals surface area (Å²) in [6.45, 7) is 1.54. The maximum Gasteiger partial charge on any atom is 0.434 e. The van der Waals surface area contributed by atoms with Gasteiger partial charge in [0.15, 0.2) is 6.29 Å². The van der Waals surface area contributed by atoms with Crippen LogP contribution >= 0.6 is 0 Å². The third-order valence-corrected chi connectivity index (χ3v) is 2.63. The molecule has 1 atom stereocenters. The maximum absolute atomic E-state index is 10.6. The highest BCUT2D eigenvalue weighted by atomic mass is 16.7. The summed E-state index contributed by atoms with van der Waals surface area (Å²) in [6, 6.07) is 0. The first-order chi connectivity index (χ1) is 8.27. The molecule has 1 unspecified atom stereocenters. The summed E-state index contributed by atoms with van der Waals surface area (Å²) in [5, 5.41) is 10.6. The zero-order chi connectivity index (χ0) is 12.1. The number of nitrogens with zero attached hydrogens (tertiary/aromatic N) is 3. The molecule has 1 fully saturated rings. The molecule has 0 saturated carbocycles. The molecule has 94 valence electrons. The Morgan fingerprint density at radius 1 is 1.65 bits per heavy atom. The summed E-state index contributed by atoms with van der Waals surface area (Å²) >= 11 is 0. The Labute approximate surface area is 98.5 Å². The molecule has 2 heterocycles. The molecule has 1 aliphatic rings. The Morgan fingerprint density at radius 3 is 3.24 bits per heavy atom. The summed E-state index contributed by atoms with van der Waals surface area (Å²) < 4.78 is 12.4. The summed E-state index contributed by atoms with van der Waals surface area (Å²) in [7, 11) is 0. The number of ether oxygens (including phenoxy) is 2. The van der Waals surface area contributed by atoms with Crippen LogP contribution in [0.15, 0.2) is 12.4 Å². The lowest BCUT2D eigenvalue weighted by molar-refractivity contribution is -0.396. The number of aromatic nitrogens is 2. The van der Waals surface area contributed by atoms with Crippen molar-refractivity contribution >= 4 is 5.95 Å². The lowest BCUT2D eigenvalue weighted by atomic mass is 10.2. The van der Waals surface area contributed by atoms with Crippen LogP contribution in [0.25, 0.3) is 0 Å². The van der Waals surface area contributed by atoms with Crippen molar-refractivity contribution in [2.24, 2.45) is 0 Å². The Balaban J connectivity index is 1.77. The highest BCUT2D eigenvalue weighted by Crippen LogP contribution is 2.14. The smallest absolute Gasteiger partial charge is 0.390 e. The van der Waals surface area contributed by atoms with Crippen LogP contribution in [0.4, 0.5) is 5.95 Å². The molecule has 7 nitrogen and oxygen atoms in total. The molecule has 1 aliphatic heterocycles. The van der Waals surface area contributed by atoms with Crippen molar-refractivity contribution in [3.8, 4) is 0 Å². The molecule has 1 aromatic heterocycles. The molecule has 0 aromatic carbocycles. The van der Waals surface area contributed by atoms with Crippen molar-refractivity contribution in [1.82, 2.24) is 9.55 Å². The number of hydrogen-bond donors (Lipinski definition) is 0. The van der Waals surface area contributed by atoms with Gasteiger partial charge in [-0.3, -0.25) is 0 Å². The van der Waals surface area contributed by atoms with Gasteiger partial charge in [0.2, 0.25) is 0 Å². The van der Waals surface area contributed by atoms with E-state index >= 15 is 0 Å². The lowest BCUT2D eigenvalue weighted by Gasteiger charge is -2.22. The van der Waals surface area contributed by atoms with Crippen molar-refractivity contribution in [3.63, 3.8) is 0 Å². The van der Waals surface area contributed by atoms with E-state index in [-0.39, 0.29) is 12.2 Å². The van der Waals surface area contributed by atoms with Gasteiger partial charge in [0.1, 0.15) is 12.4 Å². The van der Waals surface area contributed by atoms with Gasteiger partial charge >= 0.3 is 5.95 Å². The molecule has 0 amide bonds. The van der Waals surface area contributed by atoms with Crippen LogP contribution in [0.3, 0.4) is 0 Å². The highest BCUT2D eigenvalue weighted by Gasteiger charge is 2.16. The lowest BCUT2D eigenvalue weighted by Crippen LogP contribution is -2.24. The molecule has 0 aliphatic carbocycles. The molecule has 0 bridgehead atoms. The van der Waals surface area contributed by atoms with Crippen LogP contribution in [-0.4, -0.2) is 34.0 Å². The van der Waals surface area contributed by atoms with Crippen molar-refractivity contribution < 1.29 is 14.4 Å². The zero-order valence-electron chi connectivity index (χ0n) is 9.45. The molecule has 17 heavy (non-hydrogen) atoms. The summed E-state index contributed by atoms with van der Waals surface area (Å²) in [5.74, 6) is -0.154. The van der Waals surface area contributed by atoms with Gasteiger partial charge in [-0.15, -0.1) is 0 Å². The van der Waals surface area contributed by atoms with E-state index in [0.29, 0.717) is 13.2 Å². The zero-order valence-corrected chi connectivity index (χ0v) is 9.45. The predicted molar refractivity (Wildman–Crippen MR) is 58.4 cm³/mol. The van der Waals surface area contributed by atoms with Crippen molar-refractivity contribution in [1.29, 1.82) is 0 Å². The van der Waals surface area contributed by atoms with Gasteiger partial charge in [0.25, 0.3) is 0 Å². The van der Waals surface area contributed by atoms with Gasteiger partial charge in [-0.05, 0) is 24.2 Å². The van der Waals surface area contributed by atoms with E-state index in [1.165, 1.54) is 10.8 Å². The normalized spacial score (nSPS) is 20.4. The third-order valence-electron chi connectivity index (χ3n) is 2.63. The third kappa shape index (κ3) is 3.24. The molecule has 0 radical (unpaired) electrons. The Hall–Kier alpha value is -1.47. The number of hydrogen-bond acceptors (Lipinski definition) is 5. The minimum Gasteiger partial charge on any atom is -0.390 e. The van der Waals surface area contributed by atoms with E-state index in [9.17, 15) is 10.1 Å². The number of nitro groups is 1. The van der Waals surface area contributed by atoms with Crippen LogP contribution in [0.5, 0.6) is 0 Å². The topological polar surface area (TPSA) is 79.4 Å². The largest absolute Gasteiger partial charge is 0.434 e. The SMILES string of the molecule is O=[N+]([O-])c1nccn1CCOC1CCCCO1. The minimum atomic E-state index is -0.503. The first-order valence-electron chi connectivity index (χ1n) is 5.66. The van der Waals surface area contributed by atoms with E-state index < -0.39 is 4.92 Å². The molecule has 0 N–H and O–H groups in total. The van der Waals surface area contributed by atoms with E-state index in [1.54, 1.807) is 6.20 Å². The summed E-state index contributed by atoms with van der Waals surface area (Å²) in [5.41, 5.74) is 0. The van der Waals surface area contributed by atoms with Gasteiger partial charge in [0.05, 0.1) is 13.2 Å². The van der Waals surface area contributed by atoms with Crippen molar-refractivity contribution in [3.05, 3.63) is 22.5 Å². The van der Waals surface area contributed by atoms with E-state index in [0.717, 1.165) is 25.9 Å². The molecule has 1 saturated heterocycles. The average Bonchev–Trinajstić information content (AvgIpc) is 2.79. The second-order valence-corrected chi connectivity index (χ2v) is 3.84. The van der Waals surface area contributed by atoms with Crippen LogP contribution < -0.4 is 0 Å². The van der Waals surface area contributed by atoms with E-state index in [1.807, 2.05) is 0 Å². The fourth-order valence-corrected chi connectivity index (χ4v) is 1.77. The molecule has 7 heteroatoms. The quantitative estimate of drug-likeness (QED) is 0.574. The first-order valence-corrected chi connectivity index (χ1v) is 5.66. The fraction of sp³-hybridized carbons (Fsp3) is 0.700. The van der Waals surface area contributed by atoms with Gasteiger partial charge in [-0.25, -0.2) is 4.57 Å². The predicted octanol–water partition coefficient (Wildman–Crippen LogP) is 1.33. The monoisotopic (exact) mass is 241 g/mol. The summed E-state index contributed by atoms with van der Waals surface area (Å²) in [6.07, 6.45) is 5.90. The first kappa shape index (κ1) is 12.0. The molecular weight excluding hydrogens is 226 g/mol. The van der Waals surface area contributed by atoms with Crippen LogP contribution in [-0.2, 0) is 16.0 Å². The van der Waals surface area contributed by atoms with Crippen LogP contribution in [0.1, 0.15) is 19.3 Å². The van der Waals surface area contributed by atoms with Crippen LogP contribution in [0.2, 0.25) is 0 Å². The fourth-order valence-electron chi connectivity index (χ4n) is 1.77. The molecule has 1 aromatic rings. The Bertz CT molecular complexity index is 373. The average molecular weight is 241 g/mol. The molecular formula is C10H15N3O4. The maximum atomic E-state index is 10.6. The second kappa shape index (κ2) is 5.74. The van der Waals surface area contributed by atoms with Crippen LogP contribution in [0, 0.1) is 10.1 Å². The molecule has 0 spiro atoms. The van der Waals surface area contributed by atoms with Crippen molar-refractivity contribution in [2.75, 3.05) is 13.2 Å². The van der Waals surface area contributed by atoms with Gasteiger partial charge in [-0.1, -0.05) is 4.98 Å². The Kier molecular flexibility index (Phi) is 4.05. The molecule has 2 rings (SSSR count). The highest BCUT2D eigenvalue weighted by molar-refractivity contribution is 5.06. The Morgan fingerprint density at radius 2 is 2.53 bits per heavy atom. The van der Waals surface area contributed by atoms with Gasteiger partial charge < -0.3 is 19.6 Å². The van der Waals surface area contributed by atoms with E-state index in [2.05, 4.69) is 4.98 Å². The number of rotatable bonds is 5. The minimum absolute atomic E-state index is 0.154. The summed E-state index contributed by atoms with van der Waals surface area (Å²) in [4.78, 5) is 13.8. The van der Waals surface area contributed by atoms with Gasteiger partial charge in [-0.2, -0.15) is 0 Å².